The molecule has 2 aliphatic heterocycles. The van der Waals surface area contributed by atoms with Gasteiger partial charge < -0.3 is 19.7 Å². The maximum atomic E-state index is 12.5. The van der Waals surface area contributed by atoms with Crippen molar-refractivity contribution in [2.75, 3.05) is 31.6 Å². The Morgan fingerprint density at radius 2 is 1.83 bits per heavy atom. The number of nitrogens with zero attached hydrogens (tertiary/aromatic N) is 1. The molecule has 0 bridgehead atoms. The first-order chi connectivity index (χ1) is 11.1. The lowest BCUT2D eigenvalue weighted by atomic mass is 9.96. The zero-order valence-corrected chi connectivity index (χ0v) is 14.0. The van der Waals surface area contributed by atoms with E-state index in [0.717, 1.165) is 31.6 Å². The van der Waals surface area contributed by atoms with Crippen LogP contribution in [-0.2, 0) is 9.47 Å². The Bertz CT molecular complexity index is 533. The van der Waals surface area contributed by atoms with Crippen molar-refractivity contribution in [3.05, 3.63) is 29.8 Å². The van der Waals surface area contributed by atoms with Gasteiger partial charge in [-0.1, -0.05) is 32.0 Å². The number of urea groups is 1. The standard InChI is InChI=1S/C18H26N2O3/c1-13(2)15-5-3-4-6-16(15)19-18(21)20-9-7-14(8-10-20)17-22-11-12-23-17/h3-6,13-14,17H,7-12H2,1-2H3,(H,19,21). The van der Waals surface area contributed by atoms with E-state index in [1.165, 1.54) is 5.56 Å². The number of ether oxygens (including phenoxy) is 2. The van der Waals surface area contributed by atoms with E-state index in [0.29, 0.717) is 25.0 Å². The zero-order valence-electron chi connectivity index (χ0n) is 14.0. The van der Waals surface area contributed by atoms with E-state index in [2.05, 4.69) is 25.2 Å². The van der Waals surface area contributed by atoms with Crippen LogP contribution in [0.2, 0.25) is 0 Å². The van der Waals surface area contributed by atoms with E-state index in [1.54, 1.807) is 0 Å². The maximum absolute atomic E-state index is 12.5. The van der Waals surface area contributed by atoms with Crippen LogP contribution in [0, 0.1) is 5.92 Å². The molecule has 2 amide bonds. The SMILES string of the molecule is CC(C)c1ccccc1NC(=O)N1CCC(C2OCCO2)CC1. The van der Waals surface area contributed by atoms with E-state index >= 15 is 0 Å². The van der Waals surface area contributed by atoms with Crippen LogP contribution in [0.5, 0.6) is 0 Å². The average Bonchev–Trinajstić information content (AvgIpc) is 3.10. The number of nitrogens with one attached hydrogen (secondary N) is 1. The van der Waals surface area contributed by atoms with Gasteiger partial charge in [0.2, 0.25) is 0 Å². The molecule has 0 aromatic heterocycles. The number of carbonyl (C=O) groups is 1. The summed E-state index contributed by atoms with van der Waals surface area (Å²) in [7, 11) is 0. The number of anilines is 1. The van der Waals surface area contributed by atoms with Crippen molar-refractivity contribution in [3.63, 3.8) is 0 Å². The molecule has 0 unspecified atom stereocenters. The molecule has 1 aromatic carbocycles. The van der Waals surface area contributed by atoms with Gasteiger partial charge in [0.05, 0.1) is 13.2 Å². The molecule has 1 aromatic rings. The maximum Gasteiger partial charge on any atom is 0.321 e. The molecule has 0 radical (unpaired) electrons. The fourth-order valence-corrected chi connectivity index (χ4v) is 3.33. The average molecular weight is 318 g/mol. The predicted molar refractivity (Wildman–Crippen MR) is 89.5 cm³/mol. The van der Waals surface area contributed by atoms with Crippen molar-refractivity contribution in [2.45, 2.75) is 38.9 Å². The first-order valence-electron chi connectivity index (χ1n) is 8.53. The number of benzene rings is 1. The molecule has 1 N–H and O–H groups in total. The third-order valence-electron chi connectivity index (χ3n) is 4.68. The van der Waals surface area contributed by atoms with Gasteiger partial charge in [0.25, 0.3) is 0 Å². The summed E-state index contributed by atoms with van der Waals surface area (Å²) in [6.45, 7) is 7.16. The highest BCUT2D eigenvalue weighted by Crippen LogP contribution is 2.27. The fourth-order valence-electron chi connectivity index (χ4n) is 3.33. The molecule has 2 heterocycles. The lowest BCUT2D eigenvalue weighted by molar-refractivity contribution is -0.0950. The Balaban J connectivity index is 1.55. The zero-order chi connectivity index (χ0) is 16.2. The number of para-hydroxylation sites is 1. The Labute approximate surface area is 137 Å². The molecule has 3 rings (SSSR count). The van der Waals surface area contributed by atoms with Crippen molar-refractivity contribution in [1.29, 1.82) is 0 Å². The molecule has 5 nitrogen and oxygen atoms in total. The molecule has 2 fully saturated rings. The minimum atomic E-state index is -0.0677. The Morgan fingerprint density at radius 3 is 2.48 bits per heavy atom. The third kappa shape index (κ3) is 3.85. The number of hydrogen-bond donors (Lipinski definition) is 1. The van der Waals surface area contributed by atoms with Gasteiger partial charge in [-0.05, 0) is 30.4 Å². The summed E-state index contributed by atoms with van der Waals surface area (Å²) < 4.78 is 11.2. The molecule has 0 atom stereocenters. The molecule has 5 heteroatoms. The summed E-state index contributed by atoms with van der Waals surface area (Å²) in [5.41, 5.74) is 2.08. The Kier molecular flexibility index (Phi) is 5.18. The van der Waals surface area contributed by atoms with Crippen LogP contribution < -0.4 is 5.32 Å². The highest BCUT2D eigenvalue weighted by Gasteiger charge is 2.31. The van der Waals surface area contributed by atoms with Crippen LogP contribution in [0.1, 0.15) is 38.2 Å². The number of carbonyl (C=O) groups excluding carboxylic acids is 1. The van der Waals surface area contributed by atoms with Gasteiger partial charge in [0, 0.05) is 24.7 Å². The van der Waals surface area contributed by atoms with Crippen LogP contribution in [0.15, 0.2) is 24.3 Å². The van der Waals surface area contributed by atoms with Crippen molar-refractivity contribution >= 4 is 11.7 Å². The normalized spacial score (nSPS) is 20.2. The topological polar surface area (TPSA) is 50.8 Å². The summed E-state index contributed by atoms with van der Waals surface area (Å²) in [6.07, 6.45) is 1.80. The smallest absolute Gasteiger partial charge is 0.321 e. The van der Waals surface area contributed by atoms with Gasteiger partial charge in [0.15, 0.2) is 6.29 Å². The molecular formula is C18H26N2O3. The minimum absolute atomic E-state index is 0.00944. The number of piperidine rings is 1. The molecule has 2 saturated heterocycles. The van der Waals surface area contributed by atoms with Crippen molar-refractivity contribution < 1.29 is 14.3 Å². The predicted octanol–water partition coefficient (Wildman–Crippen LogP) is 3.43. The first-order valence-corrected chi connectivity index (χ1v) is 8.53. The van der Waals surface area contributed by atoms with Gasteiger partial charge in [-0.25, -0.2) is 4.79 Å². The van der Waals surface area contributed by atoms with Crippen molar-refractivity contribution in [1.82, 2.24) is 4.90 Å². The van der Waals surface area contributed by atoms with Gasteiger partial charge in [-0.2, -0.15) is 0 Å². The van der Waals surface area contributed by atoms with Crippen LogP contribution in [0.3, 0.4) is 0 Å². The number of likely N-dealkylation sites (tertiary alicyclic amines) is 1. The first kappa shape index (κ1) is 16.3. The van der Waals surface area contributed by atoms with Gasteiger partial charge >= 0.3 is 6.03 Å². The van der Waals surface area contributed by atoms with E-state index in [4.69, 9.17) is 9.47 Å². The highest BCUT2D eigenvalue weighted by molar-refractivity contribution is 5.90. The van der Waals surface area contributed by atoms with E-state index in [9.17, 15) is 4.79 Å². The second kappa shape index (κ2) is 7.32. The van der Waals surface area contributed by atoms with Crippen molar-refractivity contribution in [2.24, 2.45) is 5.92 Å². The van der Waals surface area contributed by atoms with Crippen LogP contribution in [-0.4, -0.2) is 43.5 Å². The lowest BCUT2D eigenvalue weighted by Crippen LogP contribution is -2.43. The van der Waals surface area contributed by atoms with Gasteiger partial charge in [0.1, 0.15) is 0 Å². The van der Waals surface area contributed by atoms with E-state index in [-0.39, 0.29) is 12.3 Å². The van der Waals surface area contributed by atoms with Gasteiger partial charge in [-0.3, -0.25) is 0 Å². The largest absolute Gasteiger partial charge is 0.350 e. The number of amides is 2. The summed E-state index contributed by atoms with van der Waals surface area (Å²) in [5, 5.41) is 3.07. The fraction of sp³-hybridized carbons (Fsp3) is 0.611. The minimum Gasteiger partial charge on any atom is -0.350 e. The molecule has 23 heavy (non-hydrogen) atoms. The summed E-state index contributed by atoms with van der Waals surface area (Å²) in [4.78, 5) is 14.4. The molecule has 0 spiro atoms. The number of hydrogen-bond acceptors (Lipinski definition) is 3. The summed E-state index contributed by atoms with van der Waals surface area (Å²) >= 11 is 0. The molecule has 0 saturated carbocycles. The van der Waals surface area contributed by atoms with Crippen molar-refractivity contribution in [3.8, 4) is 0 Å². The highest BCUT2D eigenvalue weighted by atomic mass is 16.7. The summed E-state index contributed by atoms with van der Waals surface area (Å²) in [5.74, 6) is 0.790. The monoisotopic (exact) mass is 318 g/mol. The van der Waals surface area contributed by atoms with Crippen LogP contribution >= 0.6 is 0 Å². The second-order valence-electron chi connectivity index (χ2n) is 6.61. The Hall–Kier alpha value is -1.59. The van der Waals surface area contributed by atoms with Crippen LogP contribution in [0.25, 0.3) is 0 Å². The van der Waals surface area contributed by atoms with Gasteiger partial charge in [-0.15, -0.1) is 0 Å². The molecule has 2 aliphatic rings. The van der Waals surface area contributed by atoms with E-state index in [1.807, 2.05) is 23.1 Å². The lowest BCUT2D eigenvalue weighted by Gasteiger charge is -2.34. The molecule has 126 valence electrons. The summed E-state index contributed by atoms with van der Waals surface area (Å²) in [6, 6.07) is 8.01. The number of rotatable bonds is 3. The Morgan fingerprint density at radius 1 is 1.17 bits per heavy atom. The van der Waals surface area contributed by atoms with E-state index < -0.39 is 0 Å². The quantitative estimate of drug-likeness (QED) is 0.929. The molecule has 0 aliphatic carbocycles. The van der Waals surface area contributed by atoms with Crippen LogP contribution in [0.4, 0.5) is 10.5 Å². The third-order valence-corrected chi connectivity index (χ3v) is 4.68. The second-order valence-corrected chi connectivity index (χ2v) is 6.61. The molecular weight excluding hydrogens is 292 g/mol.